The zero-order valence-electron chi connectivity index (χ0n) is 11.3. The molecule has 0 radical (unpaired) electrons. The number of hydrogen-bond donors (Lipinski definition) is 1. The van der Waals surface area contributed by atoms with Crippen LogP contribution in [0.5, 0.6) is 11.5 Å². The van der Waals surface area contributed by atoms with E-state index in [1.807, 2.05) is 19.1 Å². The number of carbonyl (C=O) groups excluding carboxylic acids is 1. The molecule has 0 spiro atoms. The Kier molecular flexibility index (Phi) is 4.27. The summed E-state index contributed by atoms with van der Waals surface area (Å²) in [5, 5.41) is 9.39. The first-order chi connectivity index (χ1) is 9.10. The quantitative estimate of drug-likeness (QED) is 0.881. The van der Waals surface area contributed by atoms with E-state index in [-0.39, 0.29) is 12.5 Å². The molecule has 0 aliphatic carbocycles. The molecular formula is C14H19NO4. The van der Waals surface area contributed by atoms with Crippen molar-refractivity contribution in [2.45, 2.75) is 19.4 Å². The van der Waals surface area contributed by atoms with Gasteiger partial charge >= 0.3 is 0 Å². The molecule has 2 rings (SSSR count). The second-order valence-corrected chi connectivity index (χ2v) is 4.73. The van der Waals surface area contributed by atoms with Crippen molar-refractivity contribution < 1.29 is 19.4 Å². The number of aryl methyl sites for hydroxylation is 1. The van der Waals surface area contributed by atoms with E-state index in [9.17, 15) is 9.90 Å². The minimum Gasteiger partial charge on any atom is -0.493 e. The highest BCUT2D eigenvalue weighted by atomic mass is 16.5. The van der Waals surface area contributed by atoms with Crippen LogP contribution in [0, 0.1) is 6.92 Å². The van der Waals surface area contributed by atoms with E-state index in [4.69, 9.17) is 9.47 Å². The number of nitrogens with zero attached hydrogens (tertiary/aromatic N) is 1. The predicted molar refractivity (Wildman–Crippen MR) is 70.4 cm³/mol. The average Bonchev–Trinajstić information content (AvgIpc) is 2.83. The molecule has 5 heteroatoms. The summed E-state index contributed by atoms with van der Waals surface area (Å²) in [5.74, 6) is 1.06. The molecule has 1 atom stereocenters. The molecule has 1 aliphatic heterocycles. The molecule has 1 saturated heterocycles. The third kappa shape index (κ3) is 3.38. The summed E-state index contributed by atoms with van der Waals surface area (Å²) in [6.45, 7) is 2.91. The maximum atomic E-state index is 11.9. The molecular weight excluding hydrogens is 246 g/mol. The number of aliphatic hydroxyl groups is 1. The standard InChI is InChI=1S/C14H19NO4/c1-10-3-4-12(13(7-10)18-2)19-9-14(17)15-6-5-11(16)8-15/h3-4,7,11,16H,5-6,8-9H2,1-2H3/t11-/m1/s1. The van der Waals surface area contributed by atoms with E-state index >= 15 is 0 Å². The van der Waals surface area contributed by atoms with Crippen molar-refractivity contribution in [1.29, 1.82) is 0 Å². The number of ether oxygens (including phenoxy) is 2. The fourth-order valence-corrected chi connectivity index (χ4v) is 2.09. The number of rotatable bonds is 4. The number of hydrogen-bond acceptors (Lipinski definition) is 4. The number of carbonyl (C=O) groups is 1. The van der Waals surface area contributed by atoms with Crippen LogP contribution in [0.3, 0.4) is 0 Å². The number of likely N-dealkylation sites (tertiary alicyclic amines) is 1. The SMILES string of the molecule is COc1cc(C)ccc1OCC(=O)N1CC[C@@H](O)C1. The summed E-state index contributed by atoms with van der Waals surface area (Å²) in [4.78, 5) is 13.5. The Hall–Kier alpha value is -1.75. The molecule has 104 valence electrons. The van der Waals surface area contributed by atoms with E-state index in [0.717, 1.165) is 5.56 Å². The molecule has 1 N–H and O–H groups in total. The number of β-amino-alcohol motifs (C(OH)–C–C–N with tert-alkyl or cyclic N) is 1. The number of methoxy groups -OCH3 is 1. The van der Waals surface area contributed by atoms with Crippen molar-refractivity contribution in [1.82, 2.24) is 4.90 Å². The lowest BCUT2D eigenvalue weighted by molar-refractivity contribution is -0.132. The van der Waals surface area contributed by atoms with Crippen LogP contribution in [-0.4, -0.2) is 48.8 Å². The van der Waals surface area contributed by atoms with Crippen LogP contribution in [0.15, 0.2) is 18.2 Å². The van der Waals surface area contributed by atoms with Crippen LogP contribution in [-0.2, 0) is 4.79 Å². The molecule has 1 heterocycles. The summed E-state index contributed by atoms with van der Waals surface area (Å²) in [5.41, 5.74) is 1.07. The van der Waals surface area contributed by atoms with Gasteiger partial charge in [0.05, 0.1) is 13.2 Å². The molecule has 0 unspecified atom stereocenters. The minimum absolute atomic E-state index is 0.0356. The number of benzene rings is 1. The van der Waals surface area contributed by atoms with E-state index in [0.29, 0.717) is 31.0 Å². The Morgan fingerprint density at radius 2 is 2.26 bits per heavy atom. The number of aliphatic hydroxyl groups excluding tert-OH is 1. The van der Waals surface area contributed by atoms with Crippen molar-refractivity contribution in [3.63, 3.8) is 0 Å². The highest BCUT2D eigenvalue weighted by Gasteiger charge is 2.24. The molecule has 1 aromatic rings. The van der Waals surface area contributed by atoms with Gasteiger partial charge in [-0.2, -0.15) is 0 Å². The van der Waals surface area contributed by atoms with Crippen LogP contribution < -0.4 is 9.47 Å². The summed E-state index contributed by atoms with van der Waals surface area (Å²) in [6.07, 6.45) is 0.234. The highest BCUT2D eigenvalue weighted by molar-refractivity contribution is 5.78. The maximum Gasteiger partial charge on any atom is 0.260 e. The fourth-order valence-electron chi connectivity index (χ4n) is 2.09. The molecule has 0 aromatic heterocycles. The molecule has 0 bridgehead atoms. The van der Waals surface area contributed by atoms with Crippen molar-refractivity contribution in [3.05, 3.63) is 23.8 Å². The van der Waals surface area contributed by atoms with Crippen LogP contribution in [0.2, 0.25) is 0 Å². The van der Waals surface area contributed by atoms with Gasteiger partial charge in [0.15, 0.2) is 18.1 Å². The first kappa shape index (κ1) is 13.7. The summed E-state index contributed by atoms with van der Waals surface area (Å²) >= 11 is 0. The van der Waals surface area contributed by atoms with Crippen LogP contribution in [0.25, 0.3) is 0 Å². The molecule has 1 aliphatic rings. The van der Waals surface area contributed by atoms with E-state index in [1.54, 1.807) is 18.1 Å². The molecule has 1 fully saturated rings. The topological polar surface area (TPSA) is 59.0 Å². The predicted octanol–water partition coefficient (Wildman–Crippen LogP) is 0.976. The summed E-state index contributed by atoms with van der Waals surface area (Å²) < 4.78 is 10.7. The lowest BCUT2D eigenvalue weighted by Crippen LogP contribution is -2.33. The van der Waals surface area contributed by atoms with Gasteiger partial charge < -0.3 is 19.5 Å². The van der Waals surface area contributed by atoms with Gasteiger partial charge in [0.2, 0.25) is 0 Å². The molecule has 5 nitrogen and oxygen atoms in total. The van der Waals surface area contributed by atoms with Crippen molar-refractivity contribution >= 4 is 5.91 Å². The van der Waals surface area contributed by atoms with Gasteiger partial charge in [0, 0.05) is 13.1 Å². The summed E-state index contributed by atoms with van der Waals surface area (Å²) in [7, 11) is 1.57. The number of amides is 1. The van der Waals surface area contributed by atoms with E-state index in [1.165, 1.54) is 0 Å². The summed E-state index contributed by atoms with van der Waals surface area (Å²) in [6, 6.07) is 5.56. The van der Waals surface area contributed by atoms with Gasteiger partial charge in [0.25, 0.3) is 5.91 Å². The lowest BCUT2D eigenvalue weighted by atomic mass is 10.2. The maximum absolute atomic E-state index is 11.9. The lowest BCUT2D eigenvalue weighted by Gasteiger charge is -2.16. The van der Waals surface area contributed by atoms with Gasteiger partial charge in [-0.15, -0.1) is 0 Å². The Labute approximate surface area is 112 Å². The Morgan fingerprint density at radius 3 is 2.89 bits per heavy atom. The first-order valence-electron chi connectivity index (χ1n) is 6.33. The van der Waals surface area contributed by atoms with Crippen LogP contribution >= 0.6 is 0 Å². The average molecular weight is 265 g/mol. The van der Waals surface area contributed by atoms with Crippen molar-refractivity contribution in [3.8, 4) is 11.5 Å². The van der Waals surface area contributed by atoms with Crippen molar-refractivity contribution in [2.24, 2.45) is 0 Å². The van der Waals surface area contributed by atoms with Gasteiger partial charge in [-0.05, 0) is 31.0 Å². The van der Waals surface area contributed by atoms with Gasteiger partial charge in [-0.3, -0.25) is 4.79 Å². The van der Waals surface area contributed by atoms with Gasteiger partial charge in [-0.25, -0.2) is 0 Å². The van der Waals surface area contributed by atoms with E-state index < -0.39 is 6.10 Å². The second-order valence-electron chi connectivity index (χ2n) is 4.73. The molecule has 1 amide bonds. The molecule has 1 aromatic carbocycles. The highest BCUT2D eigenvalue weighted by Crippen LogP contribution is 2.27. The van der Waals surface area contributed by atoms with Crippen molar-refractivity contribution in [2.75, 3.05) is 26.8 Å². The minimum atomic E-state index is -0.405. The first-order valence-corrected chi connectivity index (χ1v) is 6.33. The largest absolute Gasteiger partial charge is 0.493 e. The zero-order valence-corrected chi connectivity index (χ0v) is 11.3. The molecule has 19 heavy (non-hydrogen) atoms. The van der Waals surface area contributed by atoms with Gasteiger partial charge in [-0.1, -0.05) is 6.07 Å². The Bertz CT molecular complexity index is 461. The normalized spacial score (nSPS) is 18.5. The van der Waals surface area contributed by atoms with Crippen LogP contribution in [0.1, 0.15) is 12.0 Å². The monoisotopic (exact) mass is 265 g/mol. The Morgan fingerprint density at radius 1 is 1.47 bits per heavy atom. The third-order valence-electron chi connectivity index (χ3n) is 3.19. The second kappa shape index (κ2) is 5.93. The van der Waals surface area contributed by atoms with Gasteiger partial charge in [0.1, 0.15) is 0 Å². The Balaban J connectivity index is 1.93. The smallest absolute Gasteiger partial charge is 0.260 e. The van der Waals surface area contributed by atoms with E-state index in [2.05, 4.69) is 0 Å². The zero-order chi connectivity index (χ0) is 13.8. The third-order valence-corrected chi connectivity index (χ3v) is 3.19. The fraction of sp³-hybridized carbons (Fsp3) is 0.500. The van der Waals surface area contributed by atoms with Crippen LogP contribution in [0.4, 0.5) is 0 Å². The molecule has 0 saturated carbocycles.